The number of carbonyl (C=O) groups is 1. The number of carbonyl (C=O) groups excluding carboxylic acids is 1. The number of amides is 1. The molecule has 2 rings (SSSR count). The lowest BCUT2D eigenvalue weighted by Gasteiger charge is -2.07. The molecule has 114 valence electrons. The number of nitrogens with zero attached hydrogens (tertiary/aromatic N) is 1. The SMILES string of the molecule is O=C(Nc1ccc(Cl)c(Cl)c1)OCc1ccc([N+](=O)[O-])cc1. The summed E-state index contributed by atoms with van der Waals surface area (Å²) in [5.74, 6) is 0. The van der Waals surface area contributed by atoms with Crippen molar-refractivity contribution in [3.63, 3.8) is 0 Å². The fraction of sp³-hybridized carbons (Fsp3) is 0.0714. The van der Waals surface area contributed by atoms with Gasteiger partial charge < -0.3 is 4.74 Å². The molecule has 1 N–H and O–H groups in total. The highest BCUT2D eigenvalue weighted by Crippen LogP contribution is 2.25. The predicted molar refractivity (Wildman–Crippen MR) is 83.4 cm³/mol. The van der Waals surface area contributed by atoms with Gasteiger partial charge in [0.15, 0.2) is 0 Å². The lowest BCUT2D eigenvalue weighted by molar-refractivity contribution is -0.384. The van der Waals surface area contributed by atoms with Gasteiger partial charge in [-0.05, 0) is 35.9 Å². The van der Waals surface area contributed by atoms with E-state index < -0.39 is 11.0 Å². The van der Waals surface area contributed by atoms with Crippen molar-refractivity contribution in [1.29, 1.82) is 0 Å². The standard InChI is InChI=1S/C14H10Cl2N2O4/c15-12-6-3-10(7-13(12)16)17-14(19)22-8-9-1-4-11(5-2-9)18(20)21/h1-7H,8H2,(H,17,19). The van der Waals surface area contributed by atoms with Crippen molar-refractivity contribution in [3.8, 4) is 0 Å². The number of ether oxygens (including phenoxy) is 1. The van der Waals surface area contributed by atoms with Gasteiger partial charge in [-0.3, -0.25) is 15.4 Å². The summed E-state index contributed by atoms with van der Waals surface area (Å²) in [5, 5.41) is 13.7. The molecule has 0 atom stereocenters. The summed E-state index contributed by atoms with van der Waals surface area (Å²) in [6, 6.07) is 10.4. The molecule has 0 bridgehead atoms. The highest BCUT2D eigenvalue weighted by molar-refractivity contribution is 6.42. The molecular weight excluding hydrogens is 331 g/mol. The third-order valence-corrected chi connectivity index (χ3v) is 3.42. The minimum Gasteiger partial charge on any atom is -0.444 e. The summed E-state index contributed by atoms with van der Waals surface area (Å²) in [7, 11) is 0. The molecule has 2 aromatic carbocycles. The Balaban J connectivity index is 1.89. The van der Waals surface area contributed by atoms with E-state index in [2.05, 4.69) is 5.32 Å². The molecule has 0 radical (unpaired) electrons. The second kappa shape index (κ2) is 7.11. The topological polar surface area (TPSA) is 81.5 Å². The van der Waals surface area contributed by atoms with Crippen molar-refractivity contribution >= 4 is 40.7 Å². The molecule has 0 saturated heterocycles. The van der Waals surface area contributed by atoms with Gasteiger partial charge in [0, 0.05) is 17.8 Å². The van der Waals surface area contributed by atoms with Gasteiger partial charge in [0.2, 0.25) is 0 Å². The van der Waals surface area contributed by atoms with Gasteiger partial charge in [-0.2, -0.15) is 0 Å². The molecule has 0 aromatic heterocycles. The number of rotatable bonds is 4. The van der Waals surface area contributed by atoms with Gasteiger partial charge in [-0.1, -0.05) is 23.2 Å². The molecule has 0 aliphatic rings. The summed E-state index contributed by atoms with van der Waals surface area (Å²) < 4.78 is 5.01. The molecule has 0 unspecified atom stereocenters. The first kappa shape index (κ1) is 16.1. The van der Waals surface area contributed by atoms with Crippen LogP contribution >= 0.6 is 23.2 Å². The molecule has 0 saturated carbocycles. The van der Waals surface area contributed by atoms with Crippen LogP contribution in [0.1, 0.15) is 5.56 Å². The summed E-state index contributed by atoms with van der Waals surface area (Å²) in [6.45, 7) is -0.00878. The Labute approximate surface area is 135 Å². The average Bonchev–Trinajstić information content (AvgIpc) is 2.49. The lowest BCUT2D eigenvalue weighted by Crippen LogP contribution is -2.13. The van der Waals surface area contributed by atoms with E-state index in [9.17, 15) is 14.9 Å². The summed E-state index contributed by atoms with van der Waals surface area (Å²) in [6.07, 6.45) is -0.670. The molecule has 1 amide bonds. The zero-order valence-electron chi connectivity index (χ0n) is 11.1. The lowest BCUT2D eigenvalue weighted by atomic mass is 10.2. The van der Waals surface area contributed by atoms with Crippen LogP contribution in [0.5, 0.6) is 0 Å². The maximum absolute atomic E-state index is 11.6. The van der Waals surface area contributed by atoms with Crippen LogP contribution in [0.15, 0.2) is 42.5 Å². The molecule has 22 heavy (non-hydrogen) atoms. The van der Waals surface area contributed by atoms with Crippen molar-refractivity contribution in [3.05, 3.63) is 68.2 Å². The van der Waals surface area contributed by atoms with Gasteiger partial charge in [0.25, 0.3) is 5.69 Å². The smallest absolute Gasteiger partial charge is 0.411 e. The van der Waals surface area contributed by atoms with Gasteiger partial charge in [-0.15, -0.1) is 0 Å². The third-order valence-electron chi connectivity index (χ3n) is 2.68. The Hall–Kier alpha value is -2.31. The van der Waals surface area contributed by atoms with E-state index in [0.29, 0.717) is 21.3 Å². The number of halogens is 2. The van der Waals surface area contributed by atoms with E-state index in [4.69, 9.17) is 27.9 Å². The zero-order valence-corrected chi connectivity index (χ0v) is 12.6. The van der Waals surface area contributed by atoms with Crippen LogP contribution in [0.2, 0.25) is 10.0 Å². The van der Waals surface area contributed by atoms with E-state index in [1.165, 1.54) is 30.3 Å². The summed E-state index contributed by atoms with van der Waals surface area (Å²) >= 11 is 11.6. The number of non-ortho nitro benzene ring substituents is 1. The summed E-state index contributed by atoms with van der Waals surface area (Å²) in [5.41, 5.74) is 1.06. The van der Waals surface area contributed by atoms with Crippen LogP contribution in [0.25, 0.3) is 0 Å². The Kier molecular flexibility index (Phi) is 5.19. The third kappa shape index (κ3) is 4.34. The number of benzene rings is 2. The van der Waals surface area contributed by atoms with Crippen LogP contribution in [-0.4, -0.2) is 11.0 Å². The van der Waals surface area contributed by atoms with E-state index in [1.807, 2.05) is 0 Å². The normalized spacial score (nSPS) is 10.1. The van der Waals surface area contributed by atoms with Crippen molar-refractivity contribution in [2.45, 2.75) is 6.61 Å². The van der Waals surface area contributed by atoms with E-state index >= 15 is 0 Å². The first-order chi connectivity index (χ1) is 10.5. The largest absolute Gasteiger partial charge is 0.444 e. The van der Waals surface area contributed by atoms with E-state index in [0.717, 1.165) is 0 Å². The number of nitro groups is 1. The Bertz CT molecular complexity index is 704. The van der Waals surface area contributed by atoms with E-state index in [1.54, 1.807) is 12.1 Å². The Morgan fingerprint density at radius 3 is 2.41 bits per heavy atom. The van der Waals surface area contributed by atoms with Crippen LogP contribution in [0, 0.1) is 10.1 Å². The molecule has 0 aliphatic carbocycles. The van der Waals surface area contributed by atoms with Crippen LogP contribution in [0.3, 0.4) is 0 Å². The van der Waals surface area contributed by atoms with E-state index in [-0.39, 0.29) is 12.3 Å². The number of hydrogen-bond acceptors (Lipinski definition) is 4. The van der Waals surface area contributed by atoms with Crippen LogP contribution < -0.4 is 5.32 Å². The fourth-order valence-corrected chi connectivity index (χ4v) is 1.89. The highest BCUT2D eigenvalue weighted by Gasteiger charge is 2.07. The van der Waals surface area contributed by atoms with Crippen molar-refractivity contribution in [2.24, 2.45) is 0 Å². The molecule has 0 fully saturated rings. The quantitative estimate of drug-likeness (QED) is 0.648. The monoisotopic (exact) mass is 340 g/mol. The van der Waals surface area contributed by atoms with Crippen LogP contribution in [0.4, 0.5) is 16.2 Å². The molecular formula is C14H10Cl2N2O4. The van der Waals surface area contributed by atoms with Crippen molar-refractivity contribution in [2.75, 3.05) is 5.32 Å². The minimum atomic E-state index is -0.670. The molecule has 8 heteroatoms. The van der Waals surface area contributed by atoms with Gasteiger partial charge >= 0.3 is 6.09 Å². The summed E-state index contributed by atoms with van der Waals surface area (Å²) in [4.78, 5) is 21.7. The number of nitro benzene ring substituents is 1. The second-order valence-corrected chi connectivity index (χ2v) is 5.07. The average molecular weight is 341 g/mol. The van der Waals surface area contributed by atoms with Gasteiger partial charge in [0.05, 0.1) is 15.0 Å². The minimum absolute atomic E-state index is 0.00878. The molecule has 0 aliphatic heterocycles. The predicted octanol–water partition coefficient (Wildman–Crippen LogP) is 4.65. The Morgan fingerprint density at radius 1 is 1.14 bits per heavy atom. The van der Waals surface area contributed by atoms with Crippen molar-refractivity contribution < 1.29 is 14.5 Å². The van der Waals surface area contributed by atoms with Gasteiger partial charge in [0.1, 0.15) is 6.61 Å². The molecule has 0 heterocycles. The zero-order chi connectivity index (χ0) is 16.1. The molecule has 2 aromatic rings. The first-order valence-electron chi connectivity index (χ1n) is 6.08. The molecule has 6 nitrogen and oxygen atoms in total. The number of nitrogens with one attached hydrogen (secondary N) is 1. The first-order valence-corrected chi connectivity index (χ1v) is 6.83. The highest BCUT2D eigenvalue weighted by atomic mass is 35.5. The van der Waals surface area contributed by atoms with Gasteiger partial charge in [-0.25, -0.2) is 4.79 Å². The maximum Gasteiger partial charge on any atom is 0.411 e. The van der Waals surface area contributed by atoms with Crippen molar-refractivity contribution in [1.82, 2.24) is 0 Å². The fourth-order valence-electron chi connectivity index (χ4n) is 1.59. The number of hydrogen-bond donors (Lipinski definition) is 1. The second-order valence-electron chi connectivity index (χ2n) is 4.25. The number of anilines is 1. The van der Waals surface area contributed by atoms with Crippen LogP contribution in [-0.2, 0) is 11.3 Å². The molecule has 0 spiro atoms. The Morgan fingerprint density at radius 2 is 1.82 bits per heavy atom. The maximum atomic E-state index is 11.6.